The van der Waals surface area contributed by atoms with Crippen LogP contribution in [0.4, 0.5) is 5.69 Å². The lowest BCUT2D eigenvalue weighted by Gasteiger charge is -2.42. The third-order valence-corrected chi connectivity index (χ3v) is 7.13. The molecular formula is C29H39N2O5+. The van der Waals surface area contributed by atoms with Gasteiger partial charge < -0.3 is 19.3 Å². The molecule has 7 nitrogen and oxygen atoms in total. The summed E-state index contributed by atoms with van der Waals surface area (Å²) in [7, 11) is 1.33. The van der Waals surface area contributed by atoms with Gasteiger partial charge in [0, 0.05) is 6.42 Å². The lowest BCUT2D eigenvalue weighted by atomic mass is 10.0. The average molecular weight is 496 g/mol. The molecule has 2 aromatic carbocycles. The lowest BCUT2D eigenvalue weighted by molar-refractivity contribution is -0.935. The highest BCUT2D eigenvalue weighted by Gasteiger charge is 2.43. The van der Waals surface area contributed by atoms with E-state index in [0.29, 0.717) is 22.2 Å². The molecule has 1 N–H and O–H groups in total. The van der Waals surface area contributed by atoms with Crippen molar-refractivity contribution in [2.75, 3.05) is 32.1 Å². The van der Waals surface area contributed by atoms with Crippen molar-refractivity contribution in [1.29, 1.82) is 0 Å². The van der Waals surface area contributed by atoms with Crippen LogP contribution in [0.2, 0.25) is 0 Å². The van der Waals surface area contributed by atoms with E-state index in [9.17, 15) is 14.4 Å². The van der Waals surface area contributed by atoms with Crippen LogP contribution in [0.25, 0.3) is 0 Å². The molecule has 1 aliphatic heterocycles. The van der Waals surface area contributed by atoms with Crippen LogP contribution in [-0.4, -0.2) is 55.1 Å². The van der Waals surface area contributed by atoms with E-state index in [1.165, 1.54) is 7.11 Å². The number of esters is 2. The Morgan fingerprint density at radius 2 is 1.67 bits per heavy atom. The van der Waals surface area contributed by atoms with Crippen LogP contribution in [0.15, 0.2) is 42.5 Å². The minimum Gasteiger partial charge on any atom is -0.465 e. The number of methoxy groups -OCH3 is 1. The highest BCUT2D eigenvalue weighted by molar-refractivity contribution is 6.03. The third kappa shape index (κ3) is 6.72. The zero-order valence-electron chi connectivity index (χ0n) is 22.0. The molecule has 36 heavy (non-hydrogen) atoms. The van der Waals surface area contributed by atoms with Crippen LogP contribution in [0.5, 0.6) is 0 Å². The number of carbonyl (C=O) groups excluding carboxylic acids is 3. The van der Waals surface area contributed by atoms with Gasteiger partial charge in [-0.15, -0.1) is 0 Å². The van der Waals surface area contributed by atoms with E-state index < -0.39 is 12.0 Å². The molecule has 1 heterocycles. The molecule has 1 amide bonds. The van der Waals surface area contributed by atoms with E-state index in [4.69, 9.17) is 9.47 Å². The Morgan fingerprint density at radius 1 is 1.00 bits per heavy atom. The average Bonchev–Trinajstić information content (AvgIpc) is 3.10. The van der Waals surface area contributed by atoms with Crippen molar-refractivity contribution in [3.05, 3.63) is 64.7 Å². The van der Waals surface area contributed by atoms with Gasteiger partial charge in [-0.05, 0) is 62.3 Å². The van der Waals surface area contributed by atoms with Gasteiger partial charge in [-0.2, -0.15) is 0 Å². The molecule has 194 valence electrons. The second-order valence-electron chi connectivity index (χ2n) is 9.79. The van der Waals surface area contributed by atoms with E-state index in [1.54, 1.807) is 6.07 Å². The summed E-state index contributed by atoms with van der Waals surface area (Å²) in [6.07, 6.45) is 4.64. The molecule has 3 rings (SSSR count). The largest absolute Gasteiger partial charge is 0.465 e. The summed E-state index contributed by atoms with van der Waals surface area (Å²) < 4.78 is 11.0. The number of likely N-dealkylation sites (tertiary alicyclic amines) is 1. The standard InChI is InChI=1S/C29H38N2O5/c1-5-25(28(33)30-27-22(3)17-21(2)18-24(27)29(34)35-4)31(15-11-6-7-12-16-31)19-26(32)36-20-23-13-9-8-10-14-23/h8-10,13-14,17-18,25H,5-7,11-12,15-16,19-20H2,1-4H3/p+1. The molecule has 0 bridgehead atoms. The minimum absolute atomic E-state index is 0.148. The second-order valence-corrected chi connectivity index (χ2v) is 9.79. The number of benzene rings is 2. The maximum absolute atomic E-state index is 13.8. The lowest BCUT2D eigenvalue weighted by Crippen LogP contribution is -2.62. The fourth-order valence-corrected chi connectivity index (χ4v) is 5.37. The van der Waals surface area contributed by atoms with Crippen molar-refractivity contribution in [2.24, 2.45) is 0 Å². The Bertz CT molecular complexity index is 1060. The molecular weight excluding hydrogens is 456 g/mol. The molecule has 7 heteroatoms. The molecule has 1 unspecified atom stereocenters. The van der Waals surface area contributed by atoms with Gasteiger partial charge in [0.2, 0.25) is 0 Å². The molecule has 0 aliphatic carbocycles. The fourth-order valence-electron chi connectivity index (χ4n) is 5.37. The number of hydrogen-bond acceptors (Lipinski definition) is 5. The summed E-state index contributed by atoms with van der Waals surface area (Å²) in [5.41, 5.74) is 3.44. The van der Waals surface area contributed by atoms with Crippen molar-refractivity contribution in [3.8, 4) is 0 Å². The van der Waals surface area contributed by atoms with E-state index in [-0.39, 0.29) is 25.0 Å². The first-order chi connectivity index (χ1) is 17.3. The van der Waals surface area contributed by atoms with Gasteiger partial charge >= 0.3 is 11.9 Å². The van der Waals surface area contributed by atoms with Crippen molar-refractivity contribution in [3.63, 3.8) is 0 Å². The molecule has 0 saturated carbocycles. The number of hydrogen-bond donors (Lipinski definition) is 1. The highest BCUT2D eigenvalue weighted by Crippen LogP contribution is 2.28. The topological polar surface area (TPSA) is 81.7 Å². The van der Waals surface area contributed by atoms with Gasteiger partial charge in [-0.3, -0.25) is 4.79 Å². The molecule has 1 saturated heterocycles. The summed E-state index contributed by atoms with van der Waals surface area (Å²) in [4.78, 5) is 39.3. The summed E-state index contributed by atoms with van der Waals surface area (Å²) in [6, 6.07) is 12.8. The number of amides is 1. The van der Waals surface area contributed by atoms with Crippen molar-refractivity contribution in [2.45, 2.75) is 65.5 Å². The first kappa shape index (κ1) is 27.4. The molecule has 0 radical (unpaired) electrons. The van der Waals surface area contributed by atoms with Gasteiger partial charge in [0.05, 0.1) is 31.5 Å². The maximum Gasteiger partial charge on any atom is 0.362 e. The number of ether oxygens (including phenoxy) is 2. The first-order valence-corrected chi connectivity index (χ1v) is 12.9. The predicted octanol–water partition coefficient (Wildman–Crippen LogP) is 4.94. The van der Waals surface area contributed by atoms with Gasteiger partial charge in [0.25, 0.3) is 5.91 Å². The highest BCUT2D eigenvalue weighted by atomic mass is 16.5. The summed E-state index contributed by atoms with van der Waals surface area (Å²) in [5, 5.41) is 3.04. The summed E-state index contributed by atoms with van der Waals surface area (Å²) in [6.45, 7) is 7.59. The third-order valence-electron chi connectivity index (χ3n) is 7.13. The van der Waals surface area contributed by atoms with Crippen molar-refractivity contribution < 1.29 is 28.3 Å². The van der Waals surface area contributed by atoms with Crippen LogP contribution in [0.3, 0.4) is 0 Å². The Labute approximate surface area is 214 Å². The Morgan fingerprint density at radius 3 is 2.28 bits per heavy atom. The number of aryl methyl sites for hydroxylation is 2. The van der Waals surface area contributed by atoms with Gasteiger partial charge in [0.1, 0.15) is 6.61 Å². The number of rotatable bonds is 9. The quantitative estimate of drug-likeness (QED) is 0.394. The molecule has 0 aromatic heterocycles. The van der Waals surface area contributed by atoms with Gasteiger partial charge in [-0.25, -0.2) is 9.59 Å². The molecule has 1 atom stereocenters. The van der Waals surface area contributed by atoms with Crippen LogP contribution < -0.4 is 5.32 Å². The predicted molar refractivity (Wildman–Crippen MR) is 140 cm³/mol. The molecule has 2 aromatic rings. The monoisotopic (exact) mass is 495 g/mol. The second kappa shape index (κ2) is 12.7. The summed E-state index contributed by atoms with van der Waals surface area (Å²) >= 11 is 0. The van der Waals surface area contributed by atoms with Crippen LogP contribution >= 0.6 is 0 Å². The Kier molecular flexibility index (Phi) is 9.65. The first-order valence-electron chi connectivity index (χ1n) is 12.9. The van der Waals surface area contributed by atoms with Crippen molar-refractivity contribution >= 4 is 23.5 Å². The fraction of sp³-hybridized carbons (Fsp3) is 0.483. The van der Waals surface area contributed by atoms with Crippen molar-refractivity contribution in [1.82, 2.24) is 0 Å². The molecule has 1 aliphatic rings. The Balaban J connectivity index is 1.85. The number of carbonyl (C=O) groups is 3. The number of quaternary nitrogens is 1. The van der Waals surface area contributed by atoms with Gasteiger partial charge in [0.15, 0.2) is 12.6 Å². The zero-order valence-corrected chi connectivity index (χ0v) is 22.0. The maximum atomic E-state index is 13.8. The van der Waals surface area contributed by atoms with Crippen LogP contribution in [-0.2, 0) is 25.7 Å². The zero-order chi connectivity index (χ0) is 26.1. The van der Waals surface area contributed by atoms with Gasteiger partial charge in [-0.1, -0.05) is 43.3 Å². The number of anilines is 1. The van der Waals surface area contributed by atoms with Crippen LogP contribution in [0, 0.1) is 13.8 Å². The summed E-state index contributed by atoms with van der Waals surface area (Å²) in [5.74, 6) is -0.977. The minimum atomic E-state index is -0.492. The van der Waals surface area contributed by atoms with E-state index in [2.05, 4.69) is 5.32 Å². The smallest absolute Gasteiger partial charge is 0.362 e. The van der Waals surface area contributed by atoms with Crippen LogP contribution in [0.1, 0.15) is 66.1 Å². The Hall–Kier alpha value is -3.19. The van der Waals surface area contributed by atoms with E-state index in [1.807, 2.05) is 57.2 Å². The van der Waals surface area contributed by atoms with E-state index >= 15 is 0 Å². The molecule has 0 spiro atoms. The number of nitrogens with one attached hydrogen (secondary N) is 1. The SMILES string of the molecule is CCC(C(=O)Nc1c(C)cc(C)cc1C(=O)OC)[N+]1(CC(=O)OCc2ccccc2)CCCCCC1. The molecule has 1 fully saturated rings. The normalized spacial score (nSPS) is 15.9. The van der Waals surface area contributed by atoms with E-state index in [0.717, 1.165) is 55.5 Å². The number of nitrogens with zero attached hydrogens (tertiary/aromatic N) is 1.